The SMILES string of the molecule is CCC(COC)NC(=O)N1CCCC1c1nc(-c2ccccc2)n[nH]1. The van der Waals surface area contributed by atoms with E-state index in [1.54, 1.807) is 7.11 Å². The Labute approximate surface area is 147 Å². The van der Waals surface area contributed by atoms with Gasteiger partial charge in [-0.3, -0.25) is 5.10 Å². The zero-order valence-electron chi connectivity index (χ0n) is 14.7. The van der Waals surface area contributed by atoms with Crippen LogP contribution in [-0.4, -0.2) is 52.4 Å². The van der Waals surface area contributed by atoms with E-state index >= 15 is 0 Å². The summed E-state index contributed by atoms with van der Waals surface area (Å²) in [6, 6.07) is 9.72. The third-order valence-electron chi connectivity index (χ3n) is 4.55. The first-order chi connectivity index (χ1) is 12.2. The van der Waals surface area contributed by atoms with Gasteiger partial charge in [0, 0.05) is 19.2 Å². The van der Waals surface area contributed by atoms with Crippen LogP contribution in [0.3, 0.4) is 0 Å². The molecule has 25 heavy (non-hydrogen) atoms. The zero-order chi connectivity index (χ0) is 17.6. The number of rotatable bonds is 6. The fourth-order valence-electron chi connectivity index (χ4n) is 3.15. The van der Waals surface area contributed by atoms with Crippen LogP contribution in [0.25, 0.3) is 11.4 Å². The number of H-pyrrole nitrogens is 1. The van der Waals surface area contributed by atoms with Crippen LogP contribution in [0.2, 0.25) is 0 Å². The van der Waals surface area contributed by atoms with E-state index < -0.39 is 0 Å². The number of hydrogen-bond donors (Lipinski definition) is 2. The molecule has 2 atom stereocenters. The van der Waals surface area contributed by atoms with Crippen molar-refractivity contribution in [1.29, 1.82) is 0 Å². The number of aromatic nitrogens is 3. The molecule has 2 amide bonds. The van der Waals surface area contributed by atoms with Crippen LogP contribution in [0.1, 0.15) is 38.1 Å². The first kappa shape index (κ1) is 17.4. The van der Waals surface area contributed by atoms with Crippen molar-refractivity contribution in [3.8, 4) is 11.4 Å². The van der Waals surface area contributed by atoms with Gasteiger partial charge in [-0.2, -0.15) is 5.10 Å². The van der Waals surface area contributed by atoms with Gasteiger partial charge in [0.05, 0.1) is 18.7 Å². The van der Waals surface area contributed by atoms with Crippen molar-refractivity contribution >= 4 is 6.03 Å². The number of nitrogens with one attached hydrogen (secondary N) is 2. The maximum atomic E-state index is 12.6. The van der Waals surface area contributed by atoms with Gasteiger partial charge >= 0.3 is 6.03 Å². The molecule has 1 aliphatic rings. The number of amides is 2. The number of urea groups is 1. The minimum absolute atomic E-state index is 0.0216. The number of benzene rings is 1. The van der Waals surface area contributed by atoms with Crippen molar-refractivity contribution in [2.24, 2.45) is 0 Å². The molecular weight excluding hydrogens is 318 g/mol. The Bertz CT molecular complexity index is 688. The molecule has 0 radical (unpaired) electrons. The highest BCUT2D eigenvalue weighted by Crippen LogP contribution is 2.30. The largest absolute Gasteiger partial charge is 0.383 e. The molecule has 2 aromatic rings. The molecule has 1 aromatic carbocycles. The monoisotopic (exact) mass is 343 g/mol. The third-order valence-corrected chi connectivity index (χ3v) is 4.55. The summed E-state index contributed by atoms with van der Waals surface area (Å²) in [6.07, 6.45) is 2.68. The fraction of sp³-hybridized carbons (Fsp3) is 0.500. The standard InChI is InChI=1S/C18H25N5O2/c1-3-14(12-25-2)19-18(24)23-11-7-10-15(23)17-20-16(21-22-17)13-8-5-4-6-9-13/h4-6,8-9,14-15H,3,7,10-12H2,1-2H3,(H,19,24)(H,20,21,22). The predicted molar refractivity (Wildman–Crippen MR) is 95.0 cm³/mol. The molecule has 0 bridgehead atoms. The van der Waals surface area contributed by atoms with Crippen molar-refractivity contribution in [1.82, 2.24) is 25.4 Å². The molecule has 0 spiro atoms. The van der Waals surface area contributed by atoms with Gasteiger partial charge < -0.3 is 15.0 Å². The Morgan fingerprint density at radius 3 is 2.96 bits per heavy atom. The van der Waals surface area contributed by atoms with Gasteiger partial charge in [0.2, 0.25) is 0 Å². The molecule has 2 N–H and O–H groups in total. The molecule has 7 heteroatoms. The maximum absolute atomic E-state index is 12.6. The molecule has 134 valence electrons. The molecule has 1 aromatic heterocycles. The molecule has 2 unspecified atom stereocenters. The zero-order valence-corrected chi connectivity index (χ0v) is 14.7. The average Bonchev–Trinajstić information content (AvgIpc) is 3.31. The summed E-state index contributed by atoms with van der Waals surface area (Å²) in [5.74, 6) is 1.40. The molecule has 0 aliphatic carbocycles. The van der Waals surface area contributed by atoms with Crippen molar-refractivity contribution in [2.45, 2.75) is 38.3 Å². The molecule has 1 saturated heterocycles. The van der Waals surface area contributed by atoms with Gasteiger partial charge in [-0.1, -0.05) is 37.3 Å². The van der Waals surface area contributed by atoms with Gasteiger partial charge in [-0.15, -0.1) is 0 Å². The highest BCUT2D eigenvalue weighted by atomic mass is 16.5. The van der Waals surface area contributed by atoms with E-state index in [4.69, 9.17) is 4.74 Å². The van der Waals surface area contributed by atoms with E-state index in [0.29, 0.717) is 12.4 Å². The fourth-order valence-corrected chi connectivity index (χ4v) is 3.15. The summed E-state index contributed by atoms with van der Waals surface area (Å²) in [4.78, 5) is 19.1. The van der Waals surface area contributed by atoms with E-state index in [1.165, 1.54) is 0 Å². The van der Waals surface area contributed by atoms with Crippen LogP contribution >= 0.6 is 0 Å². The number of carbonyl (C=O) groups excluding carboxylic acids is 1. The minimum atomic E-state index is -0.0657. The van der Waals surface area contributed by atoms with Gasteiger partial charge in [0.25, 0.3) is 0 Å². The van der Waals surface area contributed by atoms with Gasteiger partial charge in [-0.05, 0) is 19.3 Å². The van der Waals surface area contributed by atoms with E-state index in [1.807, 2.05) is 42.2 Å². The third kappa shape index (κ3) is 3.99. The van der Waals surface area contributed by atoms with Gasteiger partial charge in [0.1, 0.15) is 5.82 Å². The lowest BCUT2D eigenvalue weighted by Crippen LogP contribution is -2.46. The lowest BCUT2D eigenvalue weighted by molar-refractivity contribution is 0.150. The van der Waals surface area contributed by atoms with Crippen molar-refractivity contribution < 1.29 is 9.53 Å². The Balaban J connectivity index is 1.71. The first-order valence-electron chi connectivity index (χ1n) is 8.76. The summed E-state index contributed by atoms with van der Waals surface area (Å²) in [6.45, 7) is 3.27. The van der Waals surface area contributed by atoms with Gasteiger partial charge in [-0.25, -0.2) is 9.78 Å². The van der Waals surface area contributed by atoms with Crippen LogP contribution in [0.5, 0.6) is 0 Å². The van der Waals surface area contributed by atoms with Crippen LogP contribution in [0.15, 0.2) is 30.3 Å². The maximum Gasteiger partial charge on any atom is 0.318 e. The van der Waals surface area contributed by atoms with Crippen LogP contribution in [-0.2, 0) is 4.74 Å². The molecule has 0 saturated carbocycles. The quantitative estimate of drug-likeness (QED) is 0.845. The van der Waals surface area contributed by atoms with E-state index in [2.05, 4.69) is 20.5 Å². The number of aromatic amines is 1. The van der Waals surface area contributed by atoms with Crippen LogP contribution < -0.4 is 5.32 Å². The molecule has 1 fully saturated rings. The first-order valence-corrected chi connectivity index (χ1v) is 8.76. The second-order valence-electron chi connectivity index (χ2n) is 6.27. The Morgan fingerprint density at radius 2 is 2.24 bits per heavy atom. The summed E-state index contributed by atoms with van der Waals surface area (Å²) in [5.41, 5.74) is 0.963. The second kappa shape index (κ2) is 8.11. The minimum Gasteiger partial charge on any atom is -0.383 e. The predicted octanol–water partition coefficient (Wildman–Crippen LogP) is 2.74. The van der Waals surface area contributed by atoms with Crippen LogP contribution in [0, 0.1) is 0 Å². The second-order valence-corrected chi connectivity index (χ2v) is 6.27. The van der Waals surface area contributed by atoms with E-state index in [9.17, 15) is 4.79 Å². The molecular formula is C18H25N5O2. The van der Waals surface area contributed by atoms with Crippen molar-refractivity contribution in [2.75, 3.05) is 20.3 Å². The summed E-state index contributed by atoms with van der Waals surface area (Å²) in [7, 11) is 1.65. The lowest BCUT2D eigenvalue weighted by Gasteiger charge is -2.26. The normalized spacial score (nSPS) is 18.3. The van der Waals surface area contributed by atoms with Crippen molar-refractivity contribution in [3.63, 3.8) is 0 Å². The lowest BCUT2D eigenvalue weighted by atomic mass is 10.2. The number of nitrogens with zero attached hydrogens (tertiary/aromatic N) is 3. The Hall–Kier alpha value is -2.41. The summed E-state index contributed by atoms with van der Waals surface area (Å²) in [5, 5.41) is 10.4. The van der Waals surface area contributed by atoms with E-state index in [-0.39, 0.29) is 18.1 Å². The molecule has 3 rings (SSSR count). The topological polar surface area (TPSA) is 83.1 Å². The van der Waals surface area contributed by atoms with Gasteiger partial charge in [0.15, 0.2) is 5.82 Å². The number of hydrogen-bond acceptors (Lipinski definition) is 4. The Morgan fingerprint density at radius 1 is 1.44 bits per heavy atom. The molecule has 2 heterocycles. The number of likely N-dealkylation sites (tertiary alicyclic amines) is 1. The Kier molecular flexibility index (Phi) is 5.65. The number of methoxy groups -OCH3 is 1. The van der Waals surface area contributed by atoms with Crippen molar-refractivity contribution in [3.05, 3.63) is 36.2 Å². The number of carbonyl (C=O) groups is 1. The number of ether oxygens (including phenoxy) is 1. The molecule has 1 aliphatic heterocycles. The highest BCUT2D eigenvalue weighted by Gasteiger charge is 2.33. The van der Waals surface area contributed by atoms with E-state index in [0.717, 1.165) is 37.2 Å². The summed E-state index contributed by atoms with van der Waals surface area (Å²) >= 11 is 0. The average molecular weight is 343 g/mol. The van der Waals surface area contributed by atoms with Crippen LogP contribution in [0.4, 0.5) is 4.79 Å². The highest BCUT2D eigenvalue weighted by molar-refractivity contribution is 5.75. The smallest absolute Gasteiger partial charge is 0.318 e. The summed E-state index contributed by atoms with van der Waals surface area (Å²) < 4.78 is 5.16. The molecule has 7 nitrogen and oxygen atoms in total.